The van der Waals surface area contributed by atoms with Crippen LogP contribution in [0.3, 0.4) is 0 Å². The van der Waals surface area contributed by atoms with E-state index >= 15 is 0 Å². The molecule has 0 atom stereocenters. The van der Waals surface area contributed by atoms with Crippen molar-refractivity contribution < 1.29 is 13.3 Å². The molecule has 2 rings (SSSR count). The summed E-state index contributed by atoms with van der Waals surface area (Å²) in [6.45, 7) is 1.86. The number of benzene rings is 2. The highest BCUT2D eigenvalue weighted by molar-refractivity contribution is 7.98. The quantitative estimate of drug-likeness (QED) is 0.451. The van der Waals surface area contributed by atoms with E-state index in [1.54, 1.807) is 37.3 Å². The van der Waals surface area contributed by atoms with E-state index in [0.29, 0.717) is 0 Å². The van der Waals surface area contributed by atoms with Gasteiger partial charge in [-0.25, -0.2) is 8.42 Å². The third-order valence-electron chi connectivity index (χ3n) is 3.26. The number of nitro groups is 1. The van der Waals surface area contributed by atoms with Crippen LogP contribution in [0.5, 0.6) is 0 Å². The largest absolute Gasteiger partial charge is 0.271 e. The summed E-state index contributed by atoms with van der Waals surface area (Å²) in [5.74, 6) is 0. The Bertz CT molecular complexity index is 804. The zero-order chi connectivity index (χ0) is 17.0. The molecule has 23 heavy (non-hydrogen) atoms. The topological polar surface area (TPSA) is 80.5 Å². The highest BCUT2D eigenvalue weighted by Gasteiger charge is 2.24. The zero-order valence-corrected chi connectivity index (χ0v) is 14.3. The lowest BCUT2D eigenvalue weighted by Crippen LogP contribution is -2.30. The highest BCUT2D eigenvalue weighted by Crippen LogP contribution is 2.27. The van der Waals surface area contributed by atoms with Crippen molar-refractivity contribution in [1.29, 1.82) is 0 Å². The Hall–Kier alpha value is -2.06. The van der Waals surface area contributed by atoms with Crippen LogP contribution in [0.4, 0.5) is 11.4 Å². The molecule has 0 bridgehead atoms. The Morgan fingerprint density at radius 2 is 1.83 bits per heavy atom. The normalized spacial score (nSPS) is 11.2. The molecule has 0 aliphatic rings. The number of thioether (sulfide) groups is 1. The molecule has 0 aliphatic carbocycles. The maximum Gasteiger partial charge on any atom is 0.271 e. The lowest BCUT2D eigenvalue weighted by Gasteiger charge is -2.22. The van der Waals surface area contributed by atoms with Crippen LogP contribution < -0.4 is 4.31 Å². The van der Waals surface area contributed by atoms with Crippen molar-refractivity contribution in [2.75, 3.05) is 17.1 Å². The van der Waals surface area contributed by atoms with Crippen molar-refractivity contribution in [2.45, 2.75) is 16.7 Å². The van der Waals surface area contributed by atoms with E-state index in [1.807, 2.05) is 6.26 Å². The fourth-order valence-corrected chi connectivity index (χ4v) is 4.00. The summed E-state index contributed by atoms with van der Waals surface area (Å²) in [6, 6.07) is 12.2. The maximum absolute atomic E-state index is 12.8. The molecule has 0 N–H and O–H groups in total. The van der Waals surface area contributed by atoms with Crippen LogP contribution in [0.15, 0.2) is 58.3 Å². The van der Waals surface area contributed by atoms with Gasteiger partial charge in [0.05, 0.1) is 15.5 Å². The molecule has 0 spiro atoms. The number of sulfonamides is 1. The van der Waals surface area contributed by atoms with E-state index in [0.717, 1.165) is 9.20 Å². The van der Waals surface area contributed by atoms with Gasteiger partial charge in [0, 0.05) is 23.6 Å². The van der Waals surface area contributed by atoms with E-state index in [4.69, 9.17) is 0 Å². The third kappa shape index (κ3) is 3.65. The molecular weight excluding hydrogens is 336 g/mol. The fraction of sp³-hybridized carbons (Fsp3) is 0.200. The second-order valence-corrected chi connectivity index (χ2v) is 7.36. The average molecular weight is 352 g/mol. The first-order valence-corrected chi connectivity index (χ1v) is 9.48. The van der Waals surface area contributed by atoms with Crippen LogP contribution in [-0.2, 0) is 10.0 Å². The van der Waals surface area contributed by atoms with Gasteiger partial charge in [-0.05, 0) is 43.5 Å². The number of hydrogen-bond acceptors (Lipinski definition) is 5. The molecule has 0 aromatic heterocycles. The number of hydrogen-bond donors (Lipinski definition) is 0. The van der Waals surface area contributed by atoms with Crippen LogP contribution in [0.1, 0.15) is 6.92 Å². The predicted molar refractivity (Wildman–Crippen MR) is 91.5 cm³/mol. The first kappa shape index (κ1) is 17.3. The van der Waals surface area contributed by atoms with Gasteiger partial charge < -0.3 is 0 Å². The summed E-state index contributed by atoms with van der Waals surface area (Å²) in [5, 5.41) is 10.9. The Balaban J connectivity index is 2.46. The minimum absolute atomic E-state index is 0.145. The molecule has 0 radical (unpaired) electrons. The number of nitro benzene ring substituents is 1. The van der Waals surface area contributed by atoms with Gasteiger partial charge in [0.25, 0.3) is 15.7 Å². The molecule has 0 amide bonds. The summed E-state index contributed by atoms with van der Waals surface area (Å²) in [4.78, 5) is 11.5. The summed E-state index contributed by atoms with van der Waals surface area (Å²) >= 11 is 1.52. The molecular formula is C15H16N2O4S2. The van der Waals surface area contributed by atoms with E-state index in [1.165, 1.54) is 30.0 Å². The number of rotatable bonds is 6. The van der Waals surface area contributed by atoms with Crippen LogP contribution in [0, 0.1) is 10.1 Å². The lowest BCUT2D eigenvalue weighted by molar-refractivity contribution is -0.384. The van der Waals surface area contributed by atoms with Crippen molar-refractivity contribution in [3.05, 3.63) is 58.6 Å². The smallest absolute Gasteiger partial charge is 0.266 e. The van der Waals surface area contributed by atoms with Crippen molar-refractivity contribution in [3.8, 4) is 0 Å². The molecule has 0 unspecified atom stereocenters. The van der Waals surface area contributed by atoms with Gasteiger partial charge >= 0.3 is 0 Å². The zero-order valence-electron chi connectivity index (χ0n) is 12.7. The van der Waals surface area contributed by atoms with Crippen LogP contribution >= 0.6 is 11.8 Å². The minimum atomic E-state index is -3.77. The second kappa shape index (κ2) is 7.01. The Morgan fingerprint density at radius 1 is 1.17 bits per heavy atom. The van der Waals surface area contributed by atoms with Gasteiger partial charge in [-0.3, -0.25) is 14.4 Å². The van der Waals surface area contributed by atoms with E-state index in [2.05, 4.69) is 0 Å². The molecule has 2 aromatic rings. The summed E-state index contributed by atoms with van der Waals surface area (Å²) in [7, 11) is -3.77. The van der Waals surface area contributed by atoms with Gasteiger partial charge in [-0.15, -0.1) is 11.8 Å². The molecule has 0 aliphatic heterocycles. The first-order chi connectivity index (χ1) is 10.9. The molecule has 0 saturated carbocycles. The average Bonchev–Trinajstić information content (AvgIpc) is 2.55. The maximum atomic E-state index is 12.8. The molecule has 2 aromatic carbocycles. The number of non-ortho nitro benzene ring substituents is 1. The predicted octanol–water partition coefficient (Wildman–Crippen LogP) is 3.53. The lowest BCUT2D eigenvalue weighted by atomic mass is 10.3. The van der Waals surface area contributed by atoms with Crippen LogP contribution in [-0.4, -0.2) is 26.1 Å². The van der Waals surface area contributed by atoms with E-state index in [-0.39, 0.29) is 22.8 Å². The molecule has 0 heterocycles. The van der Waals surface area contributed by atoms with E-state index < -0.39 is 14.9 Å². The standard InChI is InChI=1S/C15H16N2O4S2/c1-3-16(12-5-4-6-13(11-12)17(18)19)23(20,21)15-9-7-14(22-2)8-10-15/h4-11H,3H2,1-2H3. The van der Waals surface area contributed by atoms with Gasteiger partial charge in [-0.1, -0.05) is 6.07 Å². The minimum Gasteiger partial charge on any atom is -0.266 e. The highest BCUT2D eigenvalue weighted by atomic mass is 32.2. The summed E-state index contributed by atoms with van der Waals surface area (Å²) in [6.07, 6.45) is 1.91. The summed E-state index contributed by atoms with van der Waals surface area (Å²) < 4.78 is 26.7. The Labute approximate surface area is 139 Å². The van der Waals surface area contributed by atoms with Gasteiger partial charge in [-0.2, -0.15) is 0 Å². The van der Waals surface area contributed by atoms with Gasteiger partial charge in [0.1, 0.15) is 0 Å². The monoisotopic (exact) mass is 352 g/mol. The second-order valence-electron chi connectivity index (χ2n) is 4.62. The molecule has 6 nitrogen and oxygen atoms in total. The van der Waals surface area contributed by atoms with Crippen LogP contribution in [0.2, 0.25) is 0 Å². The number of anilines is 1. The van der Waals surface area contributed by atoms with Gasteiger partial charge in [0.2, 0.25) is 0 Å². The van der Waals surface area contributed by atoms with Crippen molar-refractivity contribution in [3.63, 3.8) is 0 Å². The van der Waals surface area contributed by atoms with Crippen molar-refractivity contribution in [1.82, 2.24) is 0 Å². The van der Waals surface area contributed by atoms with Crippen LogP contribution in [0.25, 0.3) is 0 Å². The molecule has 0 saturated heterocycles. The SMILES string of the molecule is CCN(c1cccc([N+](=O)[O-])c1)S(=O)(=O)c1ccc(SC)cc1. The Kier molecular flexibility index (Phi) is 5.27. The number of nitrogens with zero attached hydrogens (tertiary/aromatic N) is 2. The molecule has 0 fully saturated rings. The Morgan fingerprint density at radius 3 is 2.35 bits per heavy atom. The van der Waals surface area contributed by atoms with E-state index in [9.17, 15) is 18.5 Å². The summed E-state index contributed by atoms with van der Waals surface area (Å²) in [5.41, 5.74) is 0.129. The third-order valence-corrected chi connectivity index (χ3v) is 5.92. The first-order valence-electron chi connectivity index (χ1n) is 6.81. The van der Waals surface area contributed by atoms with Crippen molar-refractivity contribution in [2.24, 2.45) is 0 Å². The molecule has 122 valence electrons. The van der Waals surface area contributed by atoms with Gasteiger partial charge in [0.15, 0.2) is 0 Å². The molecule has 8 heteroatoms. The fourth-order valence-electron chi connectivity index (χ4n) is 2.13. The van der Waals surface area contributed by atoms with Crippen molar-refractivity contribution >= 4 is 33.2 Å².